The van der Waals surface area contributed by atoms with Gasteiger partial charge in [-0.2, -0.15) is 0 Å². The normalized spacial score (nSPS) is 9.11. The minimum Gasteiger partial charge on any atom is -0.464 e. The summed E-state index contributed by atoms with van der Waals surface area (Å²) in [7, 11) is 0. The summed E-state index contributed by atoms with van der Waals surface area (Å²) in [5.74, 6) is 4.18. The van der Waals surface area contributed by atoms with E-state index in [9.17, 15) is 4.79 Å². The summed E-state index contributed by atoms with van der Waals surface area (Å²) in [4.78, 5) is 14.4. The molecule has 0 radical (unpaired) electrons. The fourth-order valence-corrected chi connectivity index (χ4v) is 0.326. The molecule has 54 valence electrons. The van der Waals surface area contributed by atoms with Crippen molar-refractivity contribution >= 4 is 5.97 Å². The molecule has 2 N–H and O–H groups in total. The fraction of sp³-hybridized carbons (Fsp3) is 0.800. The Labute approximate surface area is 53.9 Å². The monoisotopic (exact) mass is 133 g/mol. The number of carbonyl (C=O) groups excluding carboxylic acids is 1. The van der Waals surface area contributed by atoms with Crippen molar-refractivity contribution in [3.05, 3.63) is 0 Å². The van der Waals surface area contributed by atoms with E-state index >= 15 is 0 Å². The van der Waals surface area contributed by atoms with Crippen LogP contribution in [-0.2, 0) is 14.4 Å². The summed E-state index contributed by atoms with van der Waals surface area (Å²) in [5.41, 5.74) is 0. The van der Waals surface area contributed by atoms with Crippen molar-refractivity contribution in [2.45, 2.75) is 13.3 Å². The van der Waals surface area contributed by atoms with Crippen LogP contribution in [0.25, 0.3) is 0 Å². The molecule has 0 bridgehead atoms. The molecule has 4 nitrogen and oxygen atoms in total. The molecular formula is C5H11NO3. The molecule has 0 aromatic heterocycles. The number of esters is 1. The Kier molecular flexibility index (Phi) is 5.15. The second-order valence-corrected chi connectivity index (χ2v) is 1.53. The average molecular weight is 133 g/mol. The van der Waals surface area contributed by atoms with Gasteiger partial charge in [-0.1, -0.05) is 6.92 Å². The van der Waals surface area contributed by atoms with Gasteiger partial charge in [-0.25, -0.2) is 10.7 Å². The maximum Gasteiger partial charge on any atom is 0.334 e. The van der Waals surface area contributed by atoms with Gasteiger partial charge in [0.25, 0.3) is 0 Å². The molecule has 0 unspecified atom stereocenters. The summed E-state index contributed by atoms with van der Waals surface area (Å²) in [6, 6.07) is 0. The van der Waals surface area contributed by atoms with Gasteiger partial charge in [-0.05, 0) is 6.42 Å². The molecule has 0 aromatic carbocycles. The number of nitrogens with two attached hydrogens (primary N) is 1. The molecule has 0 amide bonds. The Morgan fingerprint density at radius 2 is 2.33 bits per heavy atom. The lowest BCUT2D eigenvalue weighted by molar-refractivity contribution is -0.149. The number of carbonyl (C=O) groups is 1. The third-order valence-electron chi connectivity index (χ3n) is 0.668. The van der Waals surface area contributed by atoms with E-state index in [0.29, 0.717) is 6.61 Å². The number of ether oxygens (including phenoxy) is 1. The minimum absolute atomic E-state index is 0.167. The van der Waals surface area contributed by atoms with Gasteiger partial charge < -0.3 is 4.74 Å². The Hall–Kier alpha value is -0.610. The van der Waals surface area contributed by atoms with Crippen LogP contribution in [0.4, 0.5) is 0 Å². The zero-order valence-corrected chi connectivity index (χ0v) is 5.42. The number of rotatable bonds is 4. The summed E-state index contributed by atoms with van der Waals surface area (Å²) >= 11 is 0. The van der Waals surface area contributed by atoms with Crippen molar-refractivity contribution in [1.82, 2.24) is 0 Å². The lowest BCUT2D eigenvalue weighted by Crippen LogP contribution is -2.15. The lowest BCUT2D eigenvalue weighted by Gasteiger charge is -1.99. The Bertz CT molecular complexity index is 84.3. The van der Waals surface area contributed by atoms with Crippen LogP contribution in [0.3, 0.4) is 0 Å². The molecule has 9 heavy (non-hydrogen) atoms. The first-order chi connectivity index (χ1) is 4.31. The van der Waals surface area contributed by atoms with Crippen molar-refractivity contribution in [3.63, 3.8) is 0 Å². The highest BCUT2D eigenvalue weighted by Gasteiger charge is 1.98. The molecule has 0 spiro atoms. The van der Waals surface area contributed by atoms with Gasteiger partial charge >= 0.3 is 5.97 Å². The first-order valence-corrected chi connectivity index (χ1v) is 2.78. The first kappa shape index (κ1) is 8.39. The Morgan fingerprint density at radius 3 is 2.78 bits per heavy atom. The third kappa shape index (κ3) is 5.26. The molecule has 0 atom stereocenters. The van der Waals surface area contributed by atoms with E-state index in [1.54, 1.807) is 0 Å². The van der Waals surface area contributed by atoms with Crippen LogP contribution in [0.5, 0.6) is 0 Å². The average Bonchev–Trinajstić information content (AvgIpc) is 1.85. The van der Waals surface area contributed by atoms with E-state index < -0.39 is 5.97 Å². The van der Waals surface area contributed by atoms with Crippen LogP contribution in [-0.4, -0.2) is 19.2 Å². The second kappa shape index (κ2) is 5.53. The van der Waals surface area contributed by atoms with Crippen molar-refractivity contribution in [1.29, 1.82) is 0 Å². The lowest BCUT2D eigenvalue weighted by atomic mass is 10.5. The smallest absolute Gasteiger partial charge is 0.334 e. The van der Waals surface area contributed by atoms with E-state index in [0.717, 1.165) is 6.42 Å². The van der Waals surface area contributed by atoms with Crippen LogP contribution in [0.1, 0.15) is 13.3 Å². The zero-order valence-electron chi connectivity index (χ0n) is 5.42. The maximum atomic E-state index is 10.4. The van der Waals surface area contributed by atoms with Crippen molar-refractivity contribution in [2.24, 2.45) is 5.90 Å². The molecule has 0 aliphatic carbocycles. The molecule has 0 heterocycles. The van der Waals surface area contributed by atoms with E-state index in [4.69, 9.17) is 0 Å². The molecule has 0 rings (SSSR count). The van der Waals surface area contributed by atoms with Crippen LogP contribution in [0.2, 0.25) is 0 Å². The van der Waals surface area contributed by atoms with Crippen LogP contribution in [0.15, 0.2) is 0 Å². The quantitative estimate of drug-likeness (QED) is 0.427. The minimum atomic E-state index is -0.417. The predicted octanol–water partition coefficient (Wildman–Crippen LogP) is -0.170. The van der Waals surface area contributed by atoms with E-state index in [-0.39, 0.29) is 6.61 Å². The molecule has 0 saturated carbocycles. The van der Waals surface area contributed by atoms with Gasteiger partial charge in [0.2, 0.25) is 0 Å². The van der Waals surface area contributed by atoms with Crippen molar-refractivity contribution in [2.75, 3.05) is 13.2 Å². The summed E-state index contributed by atoms with van der Waals surface area (Å²) in [5, 5.41) is 0. The molecule has 0 aromatic rings. The molecule has 0 fully saturated rings. The highest BCUT2D eigenvalue weighted by molar-refractivity contribution is 5.70. The highest BCUT2D eigenvalue weighted by atomic mass is 16.6. The zero-order chi connectivity index (χ0) is 7.11. The fourth-order valence-electron chi connectivity index (χ4n) is 0.326. The summed E-state index contributed by atoms with van der Waals surface area (Å²) in [6.45, 7) is 2.18. The van der Waals surface area contributed by atoms with Gasteiger partial charge in [0, 0.05) is 0 Å². The Balaban J connectivity index is 3.06. The van der Waals surface area contributed by atoms with E-state index in [1.807, 2.05) is 6.92 Å². The molecule has 0 aliphatic rings. The van der Waals surface area contributed by atoms with Gasteiger partial charge in [-0.3, -0.25) is 4.84 Å². The third-order valence-corrected chi connectivity index (χ3v) is 0.668. The highest BCUT2D eigenvalue weighted by Crippen LogP contribution is 1.81. The van der Waals surface area contributed by atoms with Gasteiger partial charge in [0.15, 0.2) is 6.61 Å². The molecule has 4 heteroatoms. The standard InChI is InChI=1S/C5H11NO3/c1-2-3-8-5(7)4-9-6/h2-4,6H2,1H3. The summed E-state index contributed by atoms with van der Waals surface area (Å²) < 4.78 is 4.59. The van der Waals surface area contributed by atoms with E-state index in [1.165, 1.54) is 0 Å². The van der Waals surface area contributed by atoms with Gasteiger partial charge in [0.1, 0.15) is 0 Å². The van der Waals surface area contributed by atoms with Crippen LogP contribution < -0.4 is 5.90 Å². The Morgan fingerprint density at radius 1 is 1.67 bits per heavy atom. The second-order valence-electron chi connectivity index (χ2n) is 1.53. The maximum absolute atomic E-state index is 10.4. The van der Waals surface area contributed by atoms with Crippen molar-refractivity contribution < 1.29 is 14.4 Å². The number of hydrogen-bond acceptors (Lipinski definition) is 4. The van der Waals surface area contributed by atoms with Crippen LogP contribution >= 0.6 is 0 Å². The van der Waals surface area contributed by atoms with E-state index in [2.05, 4.69) is 15.5 Å². The van der Waals surface area contributed by atoms with Gasteiger partial charge in [-0.15, -0.1) is 0 Å². The SMILES string of the molecule is CCCOC(=O)CON. The molecule has 0 saturated heterocycles. The van der Waals surface area contributed by atoms with Gasteiger partial charge in [0.05, 0.1) is 6.61 Å². The topological polar surface area (TPSA) is 61.5 Å². The molecular weight excluding hydrogens is 122 g/mol. The summed E-state index contributed by atoms with van der Waals surface area (Å²) in [6.07, 6.45) is 0.816. The largest absolute Gasteiger partial charge is 0.464 e. The molecule has 0 aliphatic heterocycles. The first-order valence-electron chi connectivity index (χ1n) is 2.78. The van der Waals surface area contributed by atoms with Crippen molar-refractivity contribution in [3.8, 4) is 0 Å². The predicted molar refractivity (Wildman–Crippen MR) is 31.4 cm³/mol. The number of hydrogen-bond donors (Lipinski definition) is 1. The van der Waals surface area contributed by atoms with Crippen LogP contribution in [0, 0.1) is 0 Å².